The van der Waals surface area contributed by atoms with Gasteiger partial charge in [-0.05, 0) is 47.3 Å². The van der Waals surface area contributed by atoms with Gasteiger partial charge in [0.05, 0.1) is 52.0 Å². The summed E-state index contributed by atoms with van der Waals surface area (Å²) < 4.78 is 53.0. The van der Waals surface area contributed by atoms with Crippen LogP contribution in [0.25, 0.3) is 0 Å². The zero-order valence-electron chi connectivity index (χ0n) is 38.1. The van der Waals surface area contributed by atoms with E-state index in [2.05, 4.69) is 30.6 Å². The molecule has 21 nitrogen and oxygen atoms in total. The highest BCUT2D eigenvalue weighted by Crippen LogP contribution is 2.36. The van der Waals surface area contributed by atoms with Gasteiger partial charge in [-0.2, -0.15) is 11.8 Å². The van der Waals surface area contributed by atoms with E-state index in [1.165, 1.54) is 23.9 Å². The van der Waals surface area contributed by atoms with Gasteiger partial charge in [0.15, 0.2) is 6.29 Å². The summed E-state index contributed by atoms with van der Waals surface area (Å²) in [5.41, 5.74) is 0.581. The molecule has 24 heteroatoms. The number of carbonyl (C=O) groups excluding carboxylic acids is 2. The summed E-state index contributed by atoms with van der Waals surface area (Å²) in [4.78, 5) is 34.3. The van der Waals surface area contributed by atoms with Crippen LogP contribution in [0.2, 0.25) is 0 Å². The molecule has 0 aliphatic carbocycles. The molecule has 1 aromatic rings. The number of amides is 1. The molecule has 9 N–H and O–H groups in total. The van der Waals surface area contributed by atoms with E-state index in [9.17, 15) is 59.9 Å². The highest BCUT2D eigenvalue weighted by atomic mass is 32.2. The fourth-order valence-corrected chi connectivity index (χ4v) is 7.86. The van der Waals surface area contributed by atoms with E-state index in [1.807, 2.05) is 20.8 Å². The number of rotatable bonds is 25. The van der Waals surface area contributed by atoms with E-state index in [-0.39, 0.29) is 40.8 Å². The van der Waals surface area contributed by atoms with Crippen LogP contribution < -0.4 is 14.9 Å². The molecule has 2 aliphatic rings. The van der Waals surface area contributed by atoms with Crippen LogP contribution in [0.3, 0.4) is 0 Å². The first-order chi connectivity index (χ1) is 30.3. The van der Waals surface area contributed by atoms with E-state index in [0.717, 1.165) is 18.8 Å². The number of nitrogens with one attached hydrogen (secondary N) is 1. The van der Waals surface area contributed by atoms with Crippen molar-refractivity contribution in [2.75, 3.05) is 81.4 Å². The second kappa shape index (κ2) is 28.7. The van der Waals surface area contributed by atoms with Gasteiger partial charge >= 0.3 is 5.97 Å². The molecule has 378 valence electrons. The van der Waals surface area contributed by atoms with E-state index in [1.54, 1.807) is 23.9 Å². The van der Waals surface area contributed by atoms with Crippen molar-refractivity contribution in [3.05, 3.63) is 24.3 Å². The van der Waals surface area contributed by atoms with E-state index in [0.29, 0.717) is 56.6 Å². The van der Waals surface area contributed by atoms with E-state index in [4.69, 9.17) is 33.2 Å². The summed E-state index contributed by atoms with van der Waals surface area (Å²) in [6.07, 6.45) is -14.9. The molecule has 11 atom stereocenters. The molecule has 1 aromatic carbocycles. The maximum absolute atomic E-state index is 12.4. The van der Waals surface area contributed by atoms with Crippen LogP contribution >= 0.6 is 31.1 Å². The minimum atomic E-state index is -3.65. The van der Waals surface area contributed by atoms with Crippen molar-refractivity contribution in [3.8, 4) is 5.75 Å². The maximum atomic E-state index is 12.4. The molecule has 0 bridgehead atoms. The second-order valence-corrected chi connectivity index (χ2v) is 21.8. The number of thioether (sulfide) groups is 2. The van der Waals surface area contributed by atoms with Gasteiger partial charge in [0.2, 0.25) is 18.0 Å². The molecule has 0 saturated carbocycles. The minimum absolute atomic E-state index is 0.0384. The third-order valence-corrected chi connectivity index (χ3v) is 11.6. The molecule has 2 fully saturated rings. The molecule has 0 spiro atoms. The van der Waals surface area contributed by atoms with Crippen LogP contribution in [-0.2, 0) is 47.1 Å². The summed E-state index contributed by atoms with van der Waals surface area (Å²) in [5.74, 6) is -1.15. The molecule has 2 saturated heterocycles. The average Bonchev–Trinajstić information content (AvgIpc) is 3.22. The van der Waals surface area contributed by atoms with Crippen molar-refractivity contribution in [2.45, 2.75) is 122 Å². The number of hydrogen-bond acceptors (Lipinski definition) is 22. The Morgan fingerprint density at radius 2 is 1.43 bits per heavy atom. The van der Waals surface area contributed by atoms with Gasteiger partial charge in [-0.1, -0.05) is 41.5 Å². The molecule has 1 amide bonds. The minimum Gasteiger partial charge on any atom is -0.779 e. The van der Waals surface area contributed by atoms with Gasteiger partial charge in [-0.25, -0.2) is 0 Å². The van der Waals surface area contributed by atoms with Gasteiger partial charge in [-0.15, -0.1) is 11.8 Å². The van der Waals surface area contributed by atoms with Crippen LogP contribution in [0.5, 0.6) is 5.75 Å². The summed E-state index contributed by atoms with van der Waals surface area (Å²) in [7, 11) is -3.65. The van der Waals surface area contributed by atoms with Crippen LogP contribution in [-0.4, -0.2) is 190 Å². The number of esters is 1. The first kappa shape index (κ1) is 59.4. The van der Waals surface area contributed by atoms with Gasteiger partial charge in [0.1, 0.15) is 56.1 Å². The quantitative estimate of drug-likeness (QED) is 0.0277. The number of aliphatic hydroxyl groups is 8. The molecule has 2 aliphatic heterocycles. The number of carbonyl (C=O) groups is 2. The van der Waals surface area contributed by atoms with Crippen molar-refractivity contribution in [3.63, 3.8) is 0 Å². The Labute approximate surface area is 389 Å². The Kier molecular flexibility index (Phi) is 26.2. The fourth-order valence-electron chi connectivity index (χ4n) is 5.51. The largest absolute Gasteiger partial charge is 0.779 e. The van der Waals surface area contributed by atoms with Gasteiger partial charge < -0.3 is 93.3 Å². The molecular weight excluding hydrogens is 922 g/mol. The number of hydrogen-bond donors (Lipinski definition) is 9. The third-order valence-electron chi connectivity index (χ3n) is 8.94. The summed E-state index contributed by atoms with van der Waals surface area (Å²) >= 11 is 2.90. The van der Waals surface area contributed by atoms with Crippen LogP contribution in [0.15, 0.2) is 24.3 Å². The number of ether oxygens (including phenoxy) is 7. The first-order valence-corrected chi connectivity index (χ1v) is 25.4. The fraction of sp³-hybridized carbons (Fsp3) is 0.805. The van der Waals surface area contributed by atoms with Gasteiger partial charge in [-0.3, -0.25) is 9.59 Å². The molecule has 6 unspecified atom stereocenters. The van der Waals surface area contributed by atoms with Crippen LogP contribution in [0.4, 0.5) is 5.69 Å². The van der Waals surface area contributed by atoms with Crippen molar-refractivity contribution in [2.24, 2.45) is 10.8 Å². The Bertz CT molecular complexity index is 1560. The highest BCUT2D eigenvalue weighted by Gasteiger charge is 2.59. The average molecular weight is 993 g/mol. The normalized spacial score (nSPS) is 28.1. The topological polar surface area (TPSA) is 322 Å². The summed E-state index contributed by atoms with van der Waals surface area (Å²) in [5, 5.41) is 84.9. The maximum Gasteiger partial charge on any atom is 0.306 e. The smallest absolute Gasteiger partial charge is 0.306 e. The number of benzene rings is 1. The number of aliphatic hydroxyl groups excluding tert-OH is 7. The van der Waals surface area contributed by atoms with E-state index < -0.39 is 81.9 Å². The van der Waals surface area contributed by atoms with Crippen LogP contribution in [0.1, 0.15) is 60.8 Å². The SMILES string of the molecule is CC(C)(C)COC(=O)CCSCOP(C)(=O)[O-].CC(C)(C)COCCOCCCSCCC(=O)Nc1ccc(O[C@@H]2OC(CO)[C@@](O)(OC3OC(CO)[C@H](O)C(O)[C@@H]3O)[C@@H](O)C2O)cc1. The lowest BCUT2D eigenvalue weighted by atomic mass is 9.94. The Morgan fingerprint density at radius 1 is 0.800 bits per heavy atom. The second-order valence-electron chi connectivity index (χ2n) is 17.7. The molecule has 0 aromatic heterocycles. The molecule has 0 radical (unpaired) electrons. The Hall–Kier alpha value is -1.71. The van der Waals surface area contributed by atoms with Gasteiger partial charge in [0.25, 0.3) is 0 Å². The predicted octanol–water partition coefficient (Wildman–Crippen LogP) is 0.397. The molecular formula is C41H71NO20PS2-. The molecule has 65 heavy (non-hydrogen) atoms. The highest BCUT2D eigenvalue weighted by molar-refractivity contribution is 7.99. The van der Waals surface area contributed by atoms with Gasteiger partial charge in [0, 0.05) is 36.9 Å². The third kappa shape index (κ3) is 23.0. The monoisotopic (exact) mass is 992 g/mol. The summed E-state index contributed by atoms with van der Waals surface area (Å²) in [6.45, 7) is 14.4. The first-order valence-electron chi connectivity index (χ1n) is 21.1. The standard InChI is InChI=1S/C31H51NO15S.C10H21O5PS/c1-30(2,3)17-43-12-11-42-10-4-13-48-14-9-22(35)32-18-5-7-19(8-6-18)44-28-26(39)27(40)31(41,21(16-34)46-28)47-29-25(38)24(37)23(36)20(15-33)45-29;1-10(2,3)7-14-9(11)5-6-17-8-15-16(4,12)13/h5-8,20-21,23-29,33-34,36-41H,4,9-17H2,1-3H3,(H,32,35);5-8H2,1-4H3,(H,12,13)/p-1/t20?,21?,23-,24?,25-,26?,27-,28+,29?,31+;/m0./s1. The van der Waals surface area contributed by atoms with Crippen molar-refractivity contribution in [1.29, 1.82) is 0 Å². The number of anilines is 1. The van der Waals surface area contributed by atoms with Crippen LogP contribution in [0, 0.1) is 10.8 Å². The van der Waals surface area contributed by atoms with Crippen molar-refractivity contribution >= 4 is 48.7 Å². The lowest BCUT2D eigenvalue weighted by molar-refractivity contribution is -0.435. The van der Waals surface area contributed by atoms with E-state index >= 15 is 0 Å². The zero-order valence-corrected chi connectivity index (χ0v) is 40.7. The Morgan fingerprint density at radius 3 is 2.03 bits per heavy atom. The Balaban J connectivity index is 0.000000720. The lowest BCUT2D eigenvalue weighted by Crippen LogP contribution is -2.71. The molecule has 2 heterocycles. The zero-order chi connectivity index (χ0) is 49.0. The van der Waals surface area contributed by atoms with Crippen molar-refractivity contribution < 1.29 is 97.6 Å². The lowest BCUT2D eigenvalue weighted by Gasteiger charge is -2.49. The molecule has 3 rings (SSSR count). The van der Waals surface area contributed by atoms with Crippen molar-refractivity contribution in [1.82, 2.24) is 0 Å². The predicted molar refractivity (Wildman–Crippen MR) is 238 cm³/mol. The summed E-state index contributed by atoms with van der Waals surface area (Å²) in [6, 6.07) is 6.05.